The Kier molecular flexibility index (Phi) is 19.4. The fourth-order valence-electron chi connectivity index (χ4n) is 0.0962. The Bertz CT molecular complexity index is 65.0. The van der Waals surface area contributed by atoms with Crippen LogP contribution in [0.15, 0.2) is 0 Å². The molecule has 0 aromatic heterocycles. The number of isocyanates is 1. The van der Waals surface area contributed by atoms with Crippen LogP contribution in [0, 0.1) is 5.41 Å². The molecule has 0 aliphatic carbocycles. The van der Waals surface area contributed by atoms with Crippen LogP contribution in [0.2, 0.25) is 0 Å². The molecule has 1 N–H and O–H groups in total. The molecule has 5 nitrogen and oxygen atoms in total. The van der Waals surface area contributed by atoms with E-state index in [0.717, 1.165) is 6.08 Å². The summed E-state index contributed by atoms with van der Waals surface area (Å²) < 4.78 is 0. The molecule has 0 rings (SSSR count). The normalized spacial score (nSPS) is 6.89. The Morgan fingerprint density at radius 3 is 2.22 bits per heavy atom. The highest BCUT2D eigenvalue weighted by atomic mass is 17.5. The van der Waals surface area contributed by atoms with Crippen molar-refractivity contribution in [3.63, 3.8) is 0 Å². The van der Waals surface area contributed by atoms with Crippen LogP contribution in [-0.2, 0) is 19.6 Å². The van der Waals surface area contributed by atoms with Gasteiger partial charge in [-0.25, -0.2) is 20.0 Å². The largest absolute Gasteiger partial charge is 0.231 e. The van der Waals surface area contributed by atoms with Crippen molar-refractivity contribution >= 4 is 6.08 Å². The van der Waals surface area contributed by atoms with Crippen LogP contribution in [0.25, 0.3) is 0 Å². The fraction of sp³-hybridized carbons (Fsp3) is 0.750. The third-order valence-corrected chi connectivity index (χ3v) is 0.234. The molecule has 0 saturated carbocycles. The number of rotatable bonds is 3. The van der Waals surface area contributed by atoms with E-state index in [2.05, 4.69) is 14.8 Å². The molecule has 0 aromatic rings. The van der Waals surface area contributed by atoms with Gasteiger partial charge < -0.3 is 0 Å². The van der Waals surface area contributed by atoms with Gasteiger partial charge in [-0.05, 0) is 6.92 Å². The van der Waals surface area contributed by atoms with Crippen LogP contribution in [0.5, 0.6) is 0 Å². The molecule has 0 fully saturated rings. The van der Waals surface area contributed by atoms with Gasteiger partial charge >= 0.3 is 0 Å². The van der Waals surface area contributed by atoms with Gasteiger partial charge in [-0.15, -0.1) is 0 Å². The second-order valence-electron chi connectivity index (χ2n) is 0.743. The van der Waals surface area contributed by atoms with Gasteiger partial charge in [-0.3, -0.25) is 0 Å². The minimum atomic E-state index is 0.508. The number of hydrogen-bond donors (Lipinski definition) is 1. The Morgan fingerprint density at radius 1 is 1.67 bits per heavy atom. The Labute approximate surface area is 52.9 Å². The monoisotopic (exact) mass is 135 g/mol. The van der Waals surface area contributed by atoms with Crippen molar-refractivity contribution < 1.29 is 19.6 Å². The van der Waals surface area contributed by atoms with Crippen molar-refractivity contribution in [2.24, 2.45) is 0 Å². The molecule has 0 amide bonds. The molecule has 54 valence electrons. The Morgan fingerprint density at radius 2 is 2.11 bits per heavy atom. The fourth-order valence-corrected chi connectivity index (χ4v) is 0.0962. The highest BCUT2D eigenvalue weighted by molar-refractivity contribution is 5.26. The molecule has 0 aliphatic heterocycles. The van der Waals surface area contributed by atoms with E-state index in [4.69, 9.17) is 10.2 Å². The van der Waals surface area contributed by atoms with Gasteiger partial charge in [0, 0.05) is 0 Å². The molecule has 0 heterocycles. The van der Waals surface area contributed by atoms with Gasteiger partial charge in [-0.2, -0.15) is 0 Å². The standard InChI is InChI=1S/C3H8O3.CHNO/c1-3-5-6-4-2;2-1-3/h3H2,1-2H3;2H. The van der Waals surface area contributed by atoms with Crippen LogP contribution in [0.3, 0.4) is 0 Å². The van der Waals surface area contributed by atoms with Crippen LogP contribution in [0.4, 0.5) is 0 Å². The topological polar surface area (TPSA) is 68.6 Å². The Balaban J connectivity index is 0. The van der Waals surface area contributed by atoms with Crippen molar-refractivity contribution in [1.82, 2.24) is 0 Å². The lowest BCUT2D eigenvalue weighted by Crippen LogP contribution is -1.89. The SMILES string of the molecule is CCOOOC.N=C=O. The lowest BCUT2D eigenvalue weighted by molar-refractivity contribution is -0.500. The third kappa shape index (κ3) is 39.3. The van der Waals surface area contributed by atoms with E-state index in [1.54, 1.807) is 6.92 Å². The molecular weight excluding hydrogens is 126 g/mol. The summed E-state index contributed by atoms with van der Waals surface area (Å²) in [5.74, 6) is 0. The van der Waals surface area contributed by atoms with Gasteiger partial charge in [0.25, 0.3) is 0 Å². The van der Waals surface area contributed by atoms with Gasteiger partial charge in [0.15, 0.2) is 0 Å². The number of nitrogens with one attached hydrogen (secondary N) is 1. The maximum Gasteiger partial charge on any atom is 0.231 e. The van der Waals surface area contributed by atoms with E-state index >= 15 is 0 Å². The van der Waals surface area contributed by atoms with E-state index in [9.17, 15) is 0 Å². The van der Waals surface area contributed by atoms with Crippen LogP contribution < -0.4 is 0 Å². The predicted molar refractivity (Wildman–Crippen MR) is 28.1 cm³/mol. The molecule has 0 saturated heterocycles. The first-order valence-corrected chi connectivity index (χ1v) is 2.19. The van der Waals surface area contributed by atoms with Gasteiger partial charge in [0.2, 0.25) is 6.08 Å². The summed E-state index contributed by atoms with van der Waals surface area (Å²) in [6.45, 7) is 2.31. The minimum Gasteiger partial charge on any atom is -0.222 e. The van der Waals surface area contributed by atoms with E-state index in [0.29, 0.717) is 6.61 Å². The average Bonchev–Trinajstić information content (AvgIpc) is 1.86. The van der Waals surface area contributed by atoms with Crippen molar-refractivity contribution in [2.45, 2.75) is 6.92 Å². The molecule has 0 radical (unpaired) electrons. The second-order valence-corrected chi connectivity index (χ2v) is 0.743. The first-order chi connectivity index (χ1) is 4.33. The highest BCUT2D eigenvalue weighted by Crippen LogP contribution is 1.72. The maximum atomic E-state index is 8.35. The molecular formula is C4H9NO4. The molecule has 0 aliphatic rings. The van der Waals surface area contributed by atoms with E-state index in [1.165, 1.54) is 7.11 Å². The molecule has 0 unspecified atom stereocenters. The van der Waals surface area contributed by atoms with E-state index < -0.39 is 0 Å². The molecule has 0 atom stereocenters. The molecule has 0 aromatic carbocycles. The summed E-state index contributed by atoms with van der Waals surface area (Å²) in [6.07, 6.45) is 0.750. The van der Waals surface area contributed by atoms with Crippen LogP contribution in [0.1, 0.15) is 6.92 Å². The zero-order valence-corrected chi connectivity index (χ0v) is 5.34. The first kappa shape index (κ1) is 11.1. The highest BCUT2D eigenvalue weighted by Gasteiger charge is 1.72. The second kappa shape index (κ2) is 15.7. The predicted octanol–water partition coefficient (Wildman–Crippen LogP) is 0.417. The maximum absolute atomic E-state index is 8.35. The van der Waals surface area contributed by atoms with Crippen LogP contribution in [-0.4, -0.2) is 19.8 Å². The number of carbonyl (C=O) groups excluding carboxylic acids is 1. The minimum absolute atomic E-state index is 0.508. The molecule has 0 bridgehead atoms. The lowest BCUT2D eigenvalue weighted by atomic mass is 10.9. The van der Waals surface area contributed by atoms with E-state index in [1.807, 2.05) is 0 Å². The summed E-state index contributed by atoms with van der Waals surface area (Å²) in [5, 5.41) is 9.39. The van der Waals surface area contributed by atoms with Gasteiger partial charge in [0.05, 0.1) is 13.7 Å². The summed E-state index contributed by atoms with van der Waals surface area (Å²) >= 11 is 0. The number of hydrogen-bond acceptors (Lipinski definition) is 5. The zero-order valence-electron chi connectivity index (χ0n) is 5.34. The summed E-state index contributed by atoms with van der Waals surface area (Å²) in [6, 6.07) is 0. The first-order valence-electron chi connectivity index (χ1n) is 2.19. The molecule has 5 heteroatoms. The van der Waals surface area contributed by atoms with Crippen molar-refractivity contribution in [1.29, 1.82) is 5.41 Å². The summed E-state index contributed by atoms with van der Waals surface area (Å²) in [5.41, 5.74) is 0. The van der Waals surface area contributed by atoms with Crippen molar-refractivity contribution in [2.75, 3.05) is 13.7 Å². The molecule has 9 heavy (non-hydrogen) atoms. The van der Waals surface area contributed by atoms with Crippen LogP contribution >= 0.6 is 0 Å². The summed E-state index contributed by atoms with van der Waals surface area (Å²) in [7, 11) is 1.38. The van der Waals surface area contributed by atoms with Gasteiger partial charge in [-0.1, -0.05) is 5.04 Å². The quantitative estimate of drug-likeness (QED) is 0.200. The molecule has 0 spiro atoms. The van der Waals surface area contributed by atoms with E-state index in [-0.39, 0.29) is 0 Å². The van der Waals surface area contributed by atoms with Crippen molar-refractivity contribution in [3.8, 4) is 0 Å². The smallest absolute Gasteiger partial charge is 0.222 e. The average molecular weight is 135 g/mol. The van der Waals surface area contributed by atoms with Crippen molar-refractivity contribution in [3.05, 3.63) is 0 Å². The Hall–Kier alpha value is -0.740. The summed E-state index contributed by atoms with van der Waals surface area (Å²) in [4.78, 5) is 16.7. The van der Waals surface area contributed by atoms with Gasteiger partial charge in [0.1, 0.15) is 0 Å². The third-order valence-electron chi connectivity index (χ3n) is 0.234. The zero-order chi connectivity index (χ0) is 7.54. The lowest BCUT2D eigenvalue weighted by Gasteiger charge is -1.90.